The van der Waals surface area contributed by atoms with Gasteiger partial charge in [0.2, 0.25) is 10.0 Å². The summed E-state index contributed by atoms with van der Waals surface area (Å²) in [6.45, 7) is 0. The zero-order valence-electron chi connectivity index (χ0n) is 12.5. The van der Waals surface area contributed by atoms with E-state index < -0.39 is 10.0 Å². The molecule has 1 saturated carbocycles. The van der Waals surface area contributed by atoms with E-state index in [-0.39, 0.29) is 16.7 Å². The third-order valence-corrected chi connectivity index (χ3v) is 5.46. The molecule has 1 fully saturated rings. The molecule has 3 N–H and O–H groups in total. The third kappa shape index (κ3) is 4.35. The fourth-order valence-corrected chi connectivity index (χ4v) is 4.22. The second-order valence-electron chi connectivity index (χ2n) is 5.57. The average molecular weight is 312 g/mol. The Kier molecular flexibility index (Phi) is 5.47. The van der Waals surface area contributed by atoms with Crippen LogP contribution in [-0.2, 0) is 10.0 Å². The molecule has 5 nitrogen and oxygen atoms in total. The number of hydrogen-bond acceptors (Lipinski definition) is 4. The SMILES string of the molecule is COc1cc(N)ccc1S(=O)(=O)NC1CCCCCCC1. The van der Waals surface area contributed by atoms with Crippen molar-refractivity contribution in [3.8, 4) is 5.75 Å². The normalized spacial score (nSPS) is 18.0. The molecule has 0 radical (unpaired) electrons. The van der Waals surface area contributed by atoms with Crippen LogP contribution < -0.4 is 15.2 Å². The molecule has 0 unspecified atom stereocenters. The molecule has 1 aromatic carbocycles. The van der Waals surface area contributed by atoms with Crippen LogP contribution in [0.15, 0.2) is 23.1 Å². The van der Waals surface area contributed by atoms with E-state index in [0.29, 0.717) is 5.69 Å². The highest BCUT2D eigenvalue weighted by molar-refractivity contribution is 7.89. The molecule has 0 atom stereocenters. The first kappa shape index (κ1) is 16.1. The molecule has 0 spiro atoms. The van der Waals surface area contributed by atoms with Crippen LogP contribution in [0.1, 0.15) is 44.9 Å². The van der Waals surface area contributed by atoms with Crippen molar-refractivity contribution in [2.45, 2.75) is 55.9 Å². The maximum atomic E-state index is 12.6. The highest BCUT2D eigenvalue weighted by Crippen LogP contribution is 2.27. The maximum absolute atomic E-state index is 12.6. The van der Waals surface area contributed by atoms with Gasteiger partial charge in [-0.05, 0) is 25.0 Å². The molecule has 0 saturated heterocycles. The summed E-state index contributed by atoms with van der Waals surface area (Å²) in [6, 6.07) is 4.62. The van der Waals surface area contributed by atoms with Gasteiger partial charge in [-0.25, -0.2) is 13.1 Å². The fraction of sp³-hybridized carbons (Fsp3) is 0.600. The number of nitrogens with two attached hydrogens (primary N) is 1. The summed E-state index contributed by atoms with van der Waals surface area (Å²) < 4.78 is 33.1. The lowest BCUT2D eigenvalue weighted by molar-refractivity contribution is 0.399. The summed E-state index contributed by atoms with van der Waals surface area (Å²) in [5.74, 6) is 0.286. The Morgan fingerprint density at radius 1 is 1.14 bits per heavy atom. The van der Waals surface area contributed by atoms with Gasteiger partial charge in [-0.1, -0.05) is 32.1 Å². The predicted octanol–water partition coefficient (Wildman–Crippen LogP) is 2.67. The van der Waals surface area contributed by atoms with Crippen molar-refractivity contribution in [2.24, 2.45) is 0 Å². The van der Waals surface area contributed by atoms with Crippen molar-refractivity contribution >= 4 is 15.7 Å². The lowest BCUT2D eigenvalue weighted by Gasteiger charge is -2.21. The molecule has 1 aliphatic rings. The van der Waals surface area contributed by atoms with Gasteiger partial charge in [-0.2, -0.15) is 0 Å². The number of nitrogens with one attached hydrogen (secondary N) is 1. The Bertz CT molecular complexity index is 564. The van der Waals surface area contributed by atoms with Crippen LogP contribution in [0.25, 0.3) is 0 Å². The Hall–Kier alpha value is -1.27. The molecule has 0 amide bonds. The van der Waals surface area contributed by atoms with E-state index in [4.69, 9.17) is 10.5 Å². The van der Waals surface area contributed by atoms with Gasteiger partial charge in [-0.3, -0.25) is 0 Å². The Morgan fingerprint density at radius 3 is 2.38 bits per heavy atom. The molecular weight excluding hydrogens is 288 g/mol. The minimum Gasteiger partial charge on any atom is -0.495 e. The van der Waals surface area contributed by atoms with Crippen LogP contribution in [0.5, 0.6) is 5.75 Å². The molecule has 21 heavy (non-hydrogen) atoms. The first-order chi connectivity index (χ1) is 10.0. The summed E-state index contributed by atoms with van der Waals surface area (Å²) in [5, 5.41) is 0. The topological polar surface area (TPSA) is 81.4 Å². The standard InChI is InChI=1S/C15H24N2O3S/c1-20-14-11-12(16)9-10-15(14)21(18,19)17-13-7-5-3-2-4-6-8-13/h9-11,13,17H,2-8,16H2,1H3. The summed E-state index contributed by atoms with van der Waals surface area (Å²) in [7, 11) is -2.13. The number of hydrogen-bond donors (Lipinski definition) is 2. The van der Waals surface area contributed by atoms with E-state index in [1.807, 2.05) is 0 Å². The lowest BCUT2D eigenvalue weighted by atomic mass is 9.97. The second kappa shape index (κ2) is 7.13. The molecule has 2 rings (SSSR count). The van der Waals surface area contributed by atoms with Crippen LogP contribution in [0.4, 0.5) is 5.69 Å². The zero-order valence-corrected chi connectivity index (χ0v) is 13.3. The molecule has 0 aliphatic heterocycles. The van der Waals surface area contributed by atoms with Gasteiger partial charge in [0.1, 0.15) is 10.6 Å². The van der Waals surface area contributed by atoms with E-state index in [1.165, 1.54) is 38.5 Å². The molecule has 1 aromatic rings. The number of nitrogen functional groups attached to an aromatic ring is 1. The minimum absolute atomic E-state index is 0.0116. The summed E-state index contributed by atoms with van der Waals surface area (Å²) in [4.78, 5) is 0.154. The predicted molar refractivity (Wildman–Crippen MR) is 83.8 cm³/mol. The third-order valence-electron chi connectivity index (χ3n) is 3.90. The van der Waals surface area contributed by atoms with Gasteiger partial charge < -0.3 is 10.5 Å². The van der Waals surface area contributed by atoms with Crippen LogP contribution >= 0.6 is 0 Å². The number of methoxy groups -OCH3 is 1. The van der Waals surface area contributed by atoms with Crippen molar-refractivity contribution in [2.75, 3.05) is 12.8 Å². The molecule has 1 aliphatic carbocycles. The maximum Gasteiger partial charge on any atom is 0.244 e. The van der Waals surface area contributed by atoms with E-state index in [2.05, 4.69) is 4.72 Å². The van der Waals surface area contributed by atoms with Gasteiger partial charge in [-0.15, -0.1) is 0 Å². The van der Waals surface area contributed by atoms with Crippen LogP contribution in [0.3, 0.4) is 0 Å². The van der Waals surface area contributed by atoms with Gasteiger partial charge in [0, 0.05) is 17.8 Å². The van der Waals surface area contributed by atoms with Crippen molar-refractivity contribution in [3.05, 3.63) is 18.2 Å². The molecule has 118 valence electrons. The Morgan fingerprint density at radius 2 is 1.76 bits per heavy atom. The van der Waals surface area contributed by atoms with E-state index >= 15 is 0 Å². The molecule has 0 heterocycles. The van der Waals surface area contributed by atoms with Gasteiger partial charge in [0.15, 0.2) is 0 Å². The quantitative estimate of drug-likeness (QED) is 0.838. The smallest absolute Gasteiger partial charge is 0.244 e. The second-order valence-corrected chi connectivity index (χ2v) is 7.26. The van der Waals surface area contributed by atoms with E-state index in [1.54, 1.807) is 6.07 Å². The number of anilines is 1. The fourth-order valence-electron chi connectivity index (χ4n) is 2.76. The zero-order chi connectivity index (χ0) is 15.3. The van der Waals surface area contributed by atoms with Gasteiger partial charge >= 0.3 is 0 Å². The lowest BCUT2D eigenvalue weighted by Crippen LogP contribution is -2.35. The summed E-state index contributed by atoms with van der Waals surface area (Å²) >= 11 is 0. The van der Waals surface area contributed by atoms with Crippen molar-refractivity contribution in [1.82, 2.24) is 4.72 Å². The number of ether oxygens (including phenoxy) is 1. The summed E-state index contributed by atoms with van der Waals surface area (Å²) in [6.07, 6.45) is 7.57. The van der Waals surface area contributed by atoms with Crippen molar-refractivity contribution in [1.29, 1.82) is 0 Å². The van der Waals surface area contributed by atoms with Crippen LogP contribution in [0, 0.1) is 0 Å². The Balaban J connectivity index is 2.17. The van der Waals surface area contributed by atoms with Gasteiger partial charge in [0.25, 0.3) is 0 Å². The average Bonchev–Trinajstić information content (AvgIpc) is 2.41. The molecule has 0 aromatic heterocycles. The number of rotatable bonds is 4. The minimum atomic E-state index is -3.58. The monoisotopic (exact) mass is 312 g/mol. The molecule has 6 heteroatoms. The van der Waals surface area contributed by atoms with Crippen LogP contribution in [-0.4, -0.2) is 21.6 Å². The number of sulfonamides is 1. The Labute approximate surface area is 126 Å². The highest BCUT2D eigenvalue weighted by Gasteiger charge is 2.23. The number of benzene rings is 1. The molecule has 0 bridgehead atoms. The summed E-state index contributed by atoms with van der Waals surface area (Å²) in [5.41, 5.74) is 6.16. The highest BCUT2D eigenvalue weighted by atomic mass is 32.2. The van der Waals surface area contributed by atoms with Crippen molar-refractivity contribution in [3.63, 3.8) is 0 Å². The van der Waals surface area contributed by atoms with E-state index in [9.17, 15) is 8.42 Å². The van der Waals surface area contributed by atoms with Crippen LogP contribution in [0.2, 0.25) is 0 Å². The first-order valence-electron chi connectivity index (χ1n) is 7.49. The van der Waals surface area contributed by atoms with Gasteiger partial charge in [0.05, 0.1) is 7.11 Å². The first-order valence-corrected chi connectivity index (χ1v) is 8.97. The largest absolute Gasteiger partial charge is 0.495 e. The van der Waals surface area contributed by atoms with E-state index in [0.717, 1.165) is 25.7 Å². The van der Waals surface area contributed by atoms with Crippen molar-refractivity contribution < 1.29 is 13.2 Å². The molecular formula is C15H24N2O3S.